The van der Waals surface area contributed by atoms with E-state index >= 15 is 0 Å². The van der Waals surface area contributed by atoms with Crippen molar-refractivity contribution in [2.45, 2.75) is 25.8 Å². The number of carbonyl (C=O) groups is 1. The van der Waals surface area contributed by atoms with E-state index in [0.717, 1.165) is 45.4 Å². The van der Waals surface area contributed by atoms with E-state index in [9.17, 15) is 13.2 Å². The summed E-state index contributed by atoms with van der Waals surface area (Å²) in [4.78, 5) is 16.7. The summed E-state index contributed by atoms with van der Waals surface area (Å²) in [6.45, 7) is 7.63. The van der Waals surface area contributed by atoms with Crippen LogP contribution in [0.3, 0.4) is 0 Å². The highest BCUT2D eigenvalue weighted by molar-refractivity contribution is 7.90. The number of carbonyl (C=O) groups excluding carboxylic acids is 1. The Labute approximate surface area is 162 Å². The van der Waals surface area contributed by atoms with Gasteiger partial charge in [-0.2, -0.15) is 0 Å². The zero-order chi connectivity index (χ0) is 19.9. The van der Waals surface area contributed by atoms with Gasteiger partial charge in [0.1, 0.15) is 9.84 Å². The van der Waals surface area contributed by atoms with Crippen molar-refractivity contribution in [1.82, 2.24) is 10.2 Å². The molecule has 0 bridgehead atoms. The number of rotatable bonds is 9. The minimum absolute atomic E-state index is 0.0627. The second kappa shape index (κ2) is 10.1. The first kappa shape index (κ1) is 21.7. The van der Waals surface area contributed by atoms with E-state index in [0.29, 0.717) is 6.54 Å². The van der Waals surface area contributed by atoms with Crippen LogP contribution in [0.1, 0.15) is 18.4 Å². The van der Waals surface area contributed by atoms with Crippen LogP contribution in [0.25, 0.3) is 0 Å². The molecule has 3 N–H and O–H groups in total. The van der Waals surface area contributed by atoms with Crippen LogP contribution in [0.4, 0.5) is 5.69 Å². The lowest BCUT2D eigenvalue weighted by molar-refractivity contribution is -0.122. The van der Waals surface area contributed by atoms with Crippen LogP contribution in [0.2, 0.25) is 0 Å². The lowest BCUT2D eigenvalue weighted by Crippen LogP contribution is -2.47. The molecule has 0 saturated carbocycles. The van der Waals surface area contributed by atoms with Gasteiger partial charge in [0.05, 0.1) is 11.8 Å². The van der Waals surface area contributed by atoms with Crippen LogP contribution in [-0.4, -0.2) is 76.5 Å². The summed E-state index contributed by atoms with van der Waals surface area (Å²) in [7, 11) is -3.09. The number of nitrogens with zero attached hydrogens (tertiary/aromatic N) is 2. The highest BCUT2D eigenvalue weighted by Gasteiger charge is 2.18. The van der Waals surface area contributed by atoms with Crippen molar-refractivity contribution in [3.8, 4) is 0 Å². The minimum Gasteiger partial charge on any atom is -0.369 e. The number of amides is 1. The summed E-state index contributed by atoms with van der Waals surface area (Å²) >= 11 is 0. The molecule has 0 spiro atoms. The lowest BCUT2D eigenvalue weighted by Gasteiger charge is -2.36. The Balaban J connectivity index is 1.61. The smallest absolute Gasteiger partial charge is 0.236 e. The van der Waals surface area contributed by atoms with E-state index in [-0.39, 0.29) is 18.1 Å². The van der Waals surface area contributed by atoms with Gasteiger partial charge < -0.3 is 16.0 Å². The van der Waals surface area contributed by atoms with Crippen molar-refractivity contribution in [3.63, 3.8) is 0 Å². The van der Waals surface area contributed by atoms with E-state index in [4.69, 9.17) is 5.73 Å². The fraction of sp³-hybridized carbons (Fsp3) is 0.632. The molecule has 0 radical (unpaired) electrons. The highest BCUT2D eigenvalue weighted by Crippen LogP contribution is 2.17. The number of sulfone groups is 1. The molecular weight excluding hydrogens is 364 g/mol. The molecule has 8 heteroatoms. The molecule has 1 aromatic rings. The molecule has 1 saturated heterocycles. The van der Waals surface area contributed by atoms with Gasteiger partial charge in [-0.1, -0.05) is 12.1 Å². The molecule has 0 aromatic heterocycles. The van der Waals surface area contributed by atoms with Gasteiger partial charge in [0.2, 0.25) is 5.91 Å². The predicted octanol–water partition coefficient (Wildman–Crippen LogP) is 0.385. The third-order valence-electron chi connectivity index (χ3n) is 4.83. The zero-order valence-electron chi connectivity index (χ0n) is 16.4. The third kappa shape index (κ3) is 7.86. The monoisotopic (exact) mass is 396 g/mol. The number of anilines is 1. The number of nitrogens with one attached hydrogen (secondary N) is 1. The van der Waals surface area contributed by atoms with Crippen molar-refractivity contribution in [1.29, 1.82) is 0 Å². The maximum atomic E-state index is 11.9. The SMILES string of the molecule is Cc1cccc(N2CCN(CCCNC(=O)C(N)CCS(C)(=O)=O)CC2)c1. The number of hydrogen-bond donors (Lipinski definition) is 2. The molecule has 1 aliphatic rings. The molecule has 7 nitrogen and oxygen atoms in total. The molecular formula is C19H32N4O3S. The Hall–Kier alpha value is -1.64. The topological polar surface area (TPSA) is 95.7 Å². The van der Waals surface area contributed by atoms with Gasteiger partial charge in [-0.05, 0) is 44.0 Å². The molecule has 2 rings (SSSR count). The quantitative estimate of drug-likeness (QED) is 0.586. The Bertz CT molecular complexity index is 715. The molecule has 1 atom stereocenters. The number of piperazine rings is 1. The van der Waals surface area contributed by atoms with Crippen LogP contribution in [0.15, 0.2) is 24.3 Å². The van der Waals surface area contributed by atoms with Gasteiger partial charge in [0, 0.05) is 44.7 Å². The molecule has 0 aliphatic carbocycles. The number of benzene rings is 1. The molecule has 152 valence electrons. The number of hydrogen-bond acceptors (Lipinski definition) is 6. The molecule has 1 unspecified atom stereocenters. The Morgan fingerprint density at radius 3 is 2.59 bits per heavy atom. The third-order valence-corrected chi connectivity index (χ3v) is 5.80. The standard InChI is InChI=1S/C19H32N4O3S/c1-16-5-3-6-17(15-16)23-12-10-22(11-13-23)9-4-8-21-19(24)18(20)7-14-27(2,25)26/h3,5-6,15,18H,4,7-14,20H2,1-2H3,(H,21,24). The first-order valence-electron chi connectivity index (χ1n) is 9.49. The van der Waals surface area contributed by atoms with E-state index in [2.05, 4.69) is 46.3 Å². The van der Waals surface area contributed by atoms with Gasteiger partial charge in [-0.25, -0.2) is 8.42 Å². The molecule has 1 aliphatic heterocycles. The average molecular weight is 397 g/mol. The van der Waals surface area contributed by atoms with Crippen molar-refractivity contribution in [2.24, 2.45) is 5.73 Å². The predicted molar refractivity (Wildman–Crippen MR) is 110 cm³/mol. The van der Waals surface area contributed by atoms with Gasteiger partial charge in [-0.15, -0.1) is 0 Å². The summed E-state index contributed by atoms with van der Waals surface area (Å²) in [5, 5.41) is 2.80. The summed E-state index contributed by atoms with van der Waals surface area (Å²) in [6.07, 6.45) is 2.16. The second-order valence-corrected chi connectivity index (χ2v) is 9.60. The van der Waals surface area contributed by atoms with Gasteiger partial charge in [0.25, 0.3) is 0 Å². The fourth-order valence-electron chi connectivity index (χ4n) is 3.17. The van der Waals surface area contributed by atoms with Crippen LogP contribution in [-0.2, 0) is 14.6 Å². The van der Waals surface area contributed by atoms with Crippen LogP contribution < -0.4 is 16.0 Å². The van der Waals surface area contributed by atoms with Crippen LogP contribution in [0.5, 0.6) is 0 Å². The maximum absolute atomic E-state index is 11.9. The first-order chi connectivity index (χ1) is 12.7. The molecule has 1 fully saturated rings. The normalized spacial score (nSPS) is 16.9. The van der Waals surface area contributed by atoms with Crippen molar-refractivity contribution < 1.29 is 13.2 Å². The Morgan fingerprint density at radius 1 is 1.26 bits per heavy atom. The average Bonchev–Trinajstić information content (AvgIpc) is 2.63. The maximum Gasteiger partial charge on any atom is 0.236 e. The molecule has 27 heavy (non-hydrogen) atoms. The minimum atomic E-state index is -3.09. The largest absolute Gasteiger partial charge is 0.369 e. The molecule has 1 aromatic carbocycles. The van der Waals surface area contributed by atoms with E-state index in [1.807, 2.05) is 0 Å². The molecule has 1 heterocycles. The zero-order valence-corrected chi connectivity index (χ0v) is 17.2. The van der Waals surface area contributed by atoms with Crippen molar-refractivity contribution in [3.05, 3.63) is 29.8 Å². The first-order valence-corrected chi connectivity index (χ1v) is 11.6. The van der Waals surface area contributed by atoms with Gasteiger partial charge in [-0.3, -0.25) is 9.69 Å². The summed E-state index contributed by atoms with van der Waals surface area (Å²) < 4.78 is 22.3. The van der Waals surface area contributed by atoms with Crippen LogP contribution in [0, 0.1) is 6.92 Å². The van der Waals surface area contributed by atoms with Gasteiger partial charge in [0.15, 0.2) is 0 Å². The second-order valence-electron chi connectivity index (χ2n) is 7.34. The lowest BCUT2D eigenvalue weighted by atomic mass is 10.2. The van der Waals surface area contributed by atoms with Crippen LogP contribution >= 0.6 is 0 Å². The number of nitrogens with two attached hydrogens (primary N) is 1. The molecule has 1 amide bonds. The van der Waals surface area contributed by atoms with E-state index in [1.165, 1.54) is 11.3 Å². The van der Waals surface area contributed by atoms with E-state index < -0.39 is 15.9 Å². The van der Waals surface area contributed by atoms with E-state index in [1.54, 1.807) is 0 Å². The Kier molecular flexibility index (Phi) is 8.07. The Morgan fingerprint density at radius 2 is 1.96 bits per heavy atom. The summed E-state index contributed by atoms with van der Waals surface area (Å²) in [5.74, 6) is -0.338. The number of aryl methyl sites for hydroxylation is 1. The summed E-state index contributed by atoms with van der Waals surface area (Å²) in [5.41, 5.74) is 8.30. The fourth-order valence-corrected chi connectivity index (χ4v) is 3.85. The summed E-state index contributed by atoms with van der Waals surface area (Å²) in [6, 6.07) is 7.82. The highest BCUT2D eigenvalue weighted by atomic mass is 32.2. The van der Waals surface area contributed by atoms with Gasteiger partial charge >= 0.3 is 0 Å². The van der Waals surface area contributed by atoms with Crippen molar-refractivity contribution >= 4 is 21.4 Å². The van der Waals surface area contributed by atoms with Crippen molar-refractivity contribution in [2.75, 3.05) is 56.2 Å².